The molecule has 2 N–H and O–H groups in total. The first-order chi connectivity index (χ1) is 9.02. The quantitative estimate of drug-likeness (QED) is 0.740. The van der Waals surface area contributed by atoms with Crippen LogP contribution in [0.15, 0.2) is 41.0 Å². The molecule has 2 heterocycles. The molecule has 0 spiro atoms. The second kappa shape index (κ2) is 4.04. The van der Waals surface area contributed by atoms with E-state index in [-0.39, 0.29) is 0 Å². The van der Waals surface area contributed by atoms with Gasteiger partial charge < -0.3 is 9.40 Å². The lowest BCUT2D eigenvalue weighted by atomic mass is 10.2. The van der Waals surface area contributed by atoms with Crippen molar-refractivity contribution in [1.29, 1.82) is 0 Å². The van der Waals surface area contributed by atoms with Crippen LogP contribution in [0, 0.1) is 0 Å². The van der Waals surface area contributed by atoms with Gasteiger partial charge in [-0.15, -0.1) is 0 Å². The largest absolute Gasteiger partial charge is 0.449 e. The van der Waals surface area contributed by atoms with Gasteiger partial charge in [0.2, 0.25) is 5.95 Å². The summed E-state index contributed by atoms with van der Waals surface area (Å²) in [4.78, 5) is 6.88. The van der Waals surface area contributed by atoms with Gasteiger partial charge in [0.1, 0.15) is 0 Å². The summed E-state index contributed by atoms with van der Waals surface area (Å²) in [6.07, 6.45) is -2.89. The smallest absolute Gasteiger partial charge is 0.416 e. The van der Waals surface area contributed by atoms with Crippen LogP contribution in [-0.2, 0) is 6.18 Å². The SMILES string of the molecule is FC(F)(F)c1ccc2nc(Nc3ccco3)[nH]c2c1. The standard InChI is InChI=1S/C12H8F3N3O/c13-12(14,15)7-3-4-8-9(6-7)17-11(16-8)18-10-2-1-5-19-10/h1-6H,(H2,16,17,18). The van der Waals surface area contributed by atoms with Crippen LogP contribution in [0.1, 0.15) is 5.56 Å². The summed E-state index contributed by atoms with van der Waals surface area (Å²) in [5, 5.41) is 2.82. The highest BCUT2D eigenvalue weighted by atomic mass is 19.4. The number of H-pyrrole nitrogens is 1. The molecule has 0 radical (unpaired) electrons. The van der Waals surface area contributed by atoms with E-state index >= 15 is 0 Å². The molecule has 0 aliphatic carbocycles. The van der Waals surface area contributed by atoms with Crippen LogP contribution >= 0.6 is 0 Å². The Bertz CT molecular complexity index is 701. The van der Waals surface area contributed by atoms with Crippen molar-refractivity contribution < 1.29 is 17.6 Å². The highest BCUT2D eigenvalue weighted by molar-refractivity contribution is 5.79. The normalized spacial score (nSPS) is 11.9. The lowest BCUT2D eigenvalue weighted by Gasteiger charge is -2.04. The fourth-order valence-electron chi connectivity index (χ4n) is 1.71. The zero-order chi connectivity index (χ0) is 13.5. The molecule has 0 unspecified atom stereocenters. The molecule has 0 bridgehead atoms. The molecule has 2 aromatic heterocycles. The van der Waals surface area contributed by atoms with E-state index in [0.29, 0.717) is 22.9 Å². The Morgan fingerprint density at radius 1 is 1.21 bits per heavy atom. The van der Waals surface area contributed by atoms with Crippen LogP contribution in [0.3, 0.4) is 0 Å². The van der Waals surface area contributed by atoms with E-state index in [1.165, 1.54) is 12.3 Å². The van der Waals surface area contributed by atoms with Gasteiger partial charge in [0.15, 0.2) is 5.88 Å². The molecule has 0 amide bonds. The van der Waals surface area contributed by atoms with E-state index in [9.17, 15) is 13.2 Å². The van der Waals surface area contributed by atoms with Gasteiger partial charge in [0.05, 0.1) is 22.9 Å². The Morgan fingerprint density at radius 3 is 2.74 bits per heavy atom. The lowest BCUT2D eigenvalue weighted by Crippen LogP contribution is -2.04. The van der Waals surface area contributed by atoms with E-state index < -0.39 is 11.7 Å². The lowest BCUT2D eigenvalue weighted by molar-refractivity contribution is -0.137. The number of halogens is 3. The van der Waals surface area contributed by atoms with E-state index in [1.54, 1.807) is 12.1 Å². The highest BCUT2D eigenvalue weighted by Crippen LogP contribution is 2.31. The van der Waals surface area contributed by atoms with Crippen molar-refractivity contribution in [3.05, 3.63) is 42.2 Å². The predicted octanol–water partition coefficient (Wildman–Crippen LogP) is 3.92. The fraction of sp³-hybridized carbons (Fsp3) is 0.0833. The molecule has 7 heteroatoms. The summed E-state index contributed by atoms with van der Waals surface area (Å²) >= 11 is 0. The van der Waals surface area contributed by atoms with Gasteiger partial charge in [-0.1, -0.05) is 0 Å². The Balaban J connectivity index is 1.97. The first-order valence-electron chi connectivity index (χ1n) is 5.40. The molecular weight excluding hydrogens is 259 g/mol. The van der Waals surface area contributed by atoms with Crippen LogP contribution in [0.5, 0.6) is 0 Å². The molecule has 0 aliphatic rings. The number of aromatic amines is 1. The van der Waals surface area contributed by atoms with Crippen molar-refractivity contribution in [1.82, 2.24) is 9.97 Å². The van der Waals surface area contributed by atoms with Gasteiger partial charge in [-0.2, -0.15) is 13.2 Å². The molecule has 0 aliphatic heterocycles. The van der Waals surface area contributed by atoms with Crippen molar-refractivity contribution in [2.75, 3.05) is 5.32 Å². The minimum absolute atomic E-state index is 0.309. The molecule has 3 rings (SSSR count). The van der Waals surface area contributed by atoms with Gasteiger partial charge in [0.25, 0.3) is 0 Å². The summed E-state index contributed by atoms with van der Waals surface area (Å²) < 4.78 is 42.7. The van der Waals surface area contributed by atoms with E-state index in [4.69, 9.17) is 4.42 Å². The van der Waals surface area contributed by atoms with Gasteiger partial charge >= 0.3 is 6.18 Å². The number of furan rings is 1. The van der Waals surface area contributed by atoms with Crippen molar-refractivity contribution in [3.63, 3.8) is 0 Å². The molecule has 0 saturated carbocycles. The first-order valence-corrected chi connectivity index (χ1v) is 5.40. The van der Waals surface area contributed by atoms with Gasteiger partial charge in [-0.25, -0.2) is 4.98 Å². The average Bonchev–Trinajstić information content (AvgIpc) is 2.95. The summed E-state index contributed by atoms with van der Waals surface area (Å²) in [5.41, 5.74) is 0.0409. The Labute approximate surface area is 105 Å². The maximum atomic E-state index is 12.6. The van der Waals surface area contributed by atoms with Gasteiger partial charge in [-0.05, 0) is 24.3 Å². The van der Waals surface area contributed by atoms with Crippen LogP contribution in [0.25, 0.3) is 11.0 Å². The Hall–Kier alpha value is -2.44. The van der Waals surface area contributed by atoms with Crippen LogP contribution in [0.2, 0.25) is 0 Å². The number of anilines is 2. The zero-order valence-corrected chi connectivity index (χ0v) is 9.45. The fourth-order valence-corrected chi connectivity index (χ4v) is 1.71. The van der Waals surface area contributed by atoms with Gasteiger partial charge in [0, 0.05) is 6.07 Å². The van der Waals surface area contributed by atoms with E-state index in [0.717, 1.165) is 12.1 Å². The summed E-state index contributed by atoms with van der Waals surface area (Å²) in [7, 11) is 0. The maximum Gasteiger partial charge on any atom is 0.416 e. The minimum atomic E-state index is -4.37. The number of benzene rings is 1. The van der Waals surface area contributed by atoms with Crippen molar-refractivity contribution in [3.8, 4) is 0 Å². The van der Waals surface area contributed by atoms with Crippen molar-refractivity contribution >= 4 is 22.9 Å². The number of hydrogen-bond donors (Lipinski definition) is 2. The number of alkyl halides is 3. The average molecular weight is 267 g/mol. The topological polar surface area (TPSA) is 53.9 Å². The Morgan fingerprint density at radius 2 is 2.05 bits per heavy atom. The van der Waals surface area contributed by atoms with Crippen LogP contribution in [-0.4, -0.2) is 9.97 Å². The molecular formula is C12H8F3N3O. The molecule has 0 atom stereocenters. The minimum Gasteiger partial charge on any atom is -0.449 e. The number of nitrogens with zero attached hydrogens (tertiary/aromatic N) is 1. The van der Waals surface area contributed by atoms with Gasteiger partial charge in [-0.3, -0.25) is 5.32 Å². The zero-order valence-electron chi connectivity index (χ0n) is 9.45. The molecule has 98 valence electrons. The van der Waals surface area contributed by atoms with E-state index in [1.807, 2.05) is 0 Å². The van der Waals surface area contributed by atoms with Crippen LogP contribution < -0.4 is 5.32 Å². The van der Waals surface area contributed by atoms with E-state index in [2.05, 4.69) is 15.3 Å². The third-order valence-corrected chi connectivity index (χ3v) is 2.57. The second-order valence-electron chi connectivity index (χ2n) is 3.92. The molecule has 0 saturated heterocycles. The molecule has 0 fully saturated rings. The summed E-state index contributed by atoms with van der Waals surface area (Å²) in [5.74, 6) is 0.777. The predicted molar refractivity (Wildman–Crippen MR) is 63.1 cm³/mol. The number of aromatic nitrogens is 2. The van der Waals surface area contributed by atoms with Crippen LogP contribution in [0.4, 0.5) is 25.0 Å². The summed E-state index contributed by atoms with van der Waals surface area (Å²) in [6, 6.07) is 6.71. The number of hydrogen-bond acceptors (Lipinski definition) is 3. The third kappa shape index (κ3) is 2.26. The Kier molecular flexibility index (Phi) is 2.48. The molecule has 1 aromatic carbocycles. The summed E-state index contributed by atoms with van der Waals surface area (Å²) in [6.45, 7) is 0. The highest BCUT2D eigenvalue weighted by Gasteiger charge is 2.30. The third-order valence-electron chi connectivity index (χ3n) is 2.57. The number of rotatable bonds is 2. The first kappa shape index (κ1) is 11.6. The molecule has 3 aromatic rings. The number of fused-ring (bicyclic) bond motifs is 1. The monoisotopic (exact) mass is 267 g/mol. The maximum absolute atomic E-state index is 12.6. The number of nitrogens with one attached hydrogen (secondary N) is 2. The van der Waals surface area contributed by atoms with Crippen molar-refractivity contribution in [2.24, 2.45) is 0 Å². The molecule has 4 nitrogen and oxygen atoms in total. The number of imidazole rings is 1. The molecule has 19 heavy (non-hydrogen) atoms. The second-order valence-corrected chi connectivity index (χ2v) is 3.92. The van der Waals surface area contributed by atoms with Crippen molar-refractivity contribution in [2.45, 2.75) is 6.18 Å².